The number of hydrogen-bond acceptors (Lipinski definition) is 22. The molecular formula is C112H80MnN32. The first kappa shape index (κ1) is 83.7. The number of nitrogens with zero attached hydrogens (tertiary/aromatic N) is 32. The Labute approximate surface area is 833 Å². The van der Waals surface area contributed by atoms with Crippen LogP contribution in [0.3, 0.4) is 0 Å². The van der Waals surface area contributed by atoms with Gasteiger partial charge in [0.1, 0.15) is 50.6 Å². The van der Waals surface area contributed by atoms with Gasteiger partial charge in [-0.15, -0.1) is 0 Å². The van der Waals surface area contributed by atoms with Crippen LogP contribution in [-0.2, 0) is 17.1 Å². The number of anilines is 8. The van der Waals surface area contributed by atoms with Gasteiger partial charge in [0.25, 0.3) is 0 Å². The van der Waals surface area contributed by atoms with Gasteiger partial charge in [0.2, 0.25) is 0 Å². The van der Waals surface area contributed by atoms with E-state index in [2.05, 4.69) is 279 Å². The maximum absolute atomic E-state index is 6.40. The fourth-order valence-corrected chi connectivity index (χ4v) is 22.3. The van der Waals surface area contributed by atoms with Crippen LogP contribution in [0.1, 0.15) is 0 Å². The van der Waals surface area contributed by atoms with Gasteiger partial charge in [-0.25, -0.2) is 87.2 Å². The quantitative estimate of drug-likeness (QED) is 0.0642. The summed E-state index contributed by atoms with van der Waals surface area (Å²) < 4.78 is 16.7. The van der Waals surface area contributed by atoms with Crippen LogP contribution < -0.4 is 50.0 Å². The van der Waals surface area contributed by atoms with Crippen molar-refractivity contribution in [3.05, 3.63) is 342 Å². The second-order valence-corrected chi connectivity index (χ2v) is 36.3. The SMILES string of the molecule is CN(c1c2c(c(N(C)n3cnc4ccccc43)c3ccccc13)-c1nc-2nc2[n-]c(nc3nc(nc4[n-]c(n1)c1c(N(C)n5cnc6ccccc65)c5ccccc5c(N(C)n5cnc6ccccc65)c41)-c1c-3c(N(C)n3cnc4ccccc43)c3ccccc3c1N(C)n1cnc3ccccc31)c1c(N(C)n3cnc4ccccc43)c3ccccc3c(N(C)n3cnc4ccccc43)c21)n1cnc2ccccc21.[Mn+2]. The molecule has 8 bridgehead atoms. The van der Waals surface area contributed by atoms with E-state index in [-0.39, 0.29) is 63.0 Å². The van der Waals surface area contributed by atoms with E-state index in [1.807, 2.05) is 196 Å². The predicted octanol–water partition coefficient (Wildman–Crippen LogP) is 20.7. The van der Waals surface area contributed by atoms with Crippen molar-refractivity contribution in [1.82, 2.24) is 117 Å². The molecule has 2 aliphatic rings. The van der Waals surface area contributed by atoms with Crippen molar-refractivity contribution in [2.24, 2.45) is 0 Å². The van der Waals surface area contributed by atoms with Gasteiger partial charge in [0, 0.05) is 166 Å². The first-order valence-electron chi connectivity index (χ1n) is 47.2. The van der Waals surface area contributed by atoms with E-state index >= 15 is 0 Å². The van der Waals surface area contributed by atoms with E-state index in [0.29, 0.717) is 89.3 Å². The van der Waals surface area contributed by atoms with E-state index in [1.54, 1.807) is 0 Å². The summed E-state index contributed by atoms with van der Waals surface area (Å²) in [6.45, 7) is 0. The Morgan fingerprint density at radius 3 is 0.476 bits per heavy atom. The minimum absolute atomic E-state index is 0. The van der Waals surface area contributed by atoms with E-state index in [4.69, 9.17) is 79.7 Å². The molecule has 11 aromatic heterocycles. The molecule has 0 unspecified atom stereocenters. The Balaban J connectivity index is 0.0000102. The van der Waals surface area contributed by atoms with Crippen molar-refractivity contribution in [2.45, 2.75) is 0 Å². The number of rotatable bonds is 16. The molecule has 2 aliphatic heterocycles. The second kappa shape index (κ2) is 31.8. The fourth-order valence-electron chi connectivity index (χ4n) is 22.3. The van der Waals surface area contributed by atoms with Gasteiger partial charge < -0.3 is 29.9 Å². The third-order valence-electron chi connectivity index (χ3n) is 28.8. The average Bonchev–Trinajstić information content (AvgIpc) is 1.55. The molecule has 29 rings (SSSR count). The van der Waals surface area contributed by atoms with Gasteiger partial charge >= 0.3 is 17.1 Å². The topological polar surface area (TPSA) is 274 Å². The molecule has 16 aromatic carbocycles. The van der Waals surface area contributed by atoms with E-state index in [9.17, 15) is 0 Å². The molecular weight excluding hydrogens is 1850 g/mol. The minimum Gasteiger partial charge on any atom is -0.357 e. The molecule has 0 N–H and O–H groups in total. The van der Waals surface area contributed by atoms with Gasteiger partial charge in [0.15, 0.2) is 0 Å². The van der Waals surface area contributed by atoms with Crippen molar-refractivity contribution < 1.29 is 17.1 Å². The van der Waals surface area contributed by atoms with E-state index in [0.717, 1.165) is 131 Å². The summed E-state index contributed by atoms with van der Waals surface area (Å²) in [5.41, 5.74) is 21.9. The van der Waals surface area contributed by atoms with Crippen LogP contribution in [0.5, 0.6) is 0 Å². The Morgan fingerprint density at radius 1 is 0.172 bits per heavy atom. The standard InChI is InChI=1S/C112H80N32.Mn/c1-129(137-57-113-73-41-17-25-49-81(73)137)97-65-33-9-10-34-66(65)98(130(2)138-58-114-74-42-18-26-50-82(74)138)90-89(97)105-121-106(90)126-108-93-94(102(134(6)142-62-118-78-46-22-30-54-86(78)142)70-38-14-13-37-69(70)101(93)133(5)141-61-117-77-45-21-29-53-85(77)141)110(123-108)128-112-96-95(103(135(7)143-63-119-79-47-23-31-55-87(79)143)71-39-15-16-40-72(71)104(96)136(8)144-64-120-80-48-24-32-56-88(80)144)111(124-112)127-109-92-91(107(122-109)125-105)99(131(3)139-59-115-75-43-19-27-51-83(75)139)67-35-11-12-36-68(67)100(92)132(4)140-60-116-76-44-20-28-52-84(76)140;/h9-64H,1-8H3;/q-2;+2. The number of fused-ring (bicyclic) bond motifs is 32. The maximum Gasteiger partial charge on any atom is 2.00 e. The largest absolute Gasteiger partial charge is 2.00 e. The van der Waals surface area contributed by atoms with Gasteiger partial charge in [-0.3, -0.25) is 40.1 Å². The van der Waals surface area contributed by atoms with Crippen molar-refractivity contribution >= 4 is 221 Å². The number of aromatic nitrogens is 24. The first-order chi connectivity index (χ1) is 70.8. The summed E-state index contributed by atoms with van der Waals surface area (Å²) in [5.74, 6) is 0.933. The fraction of sp³-hybridized carbons (Fsp3) is 0.0714. The molecule has 1 radical (unpaired) electrons. The summed E-state index contributed by atoms with van der Waals surface area (Å²) in [4.78, 5) is 91.6. The summed E-state index contributed by atoms with van der Waals surface area (Å²) in [6, 6.07) is 99.3. The summed E-state index contributed by atoms with van der Waals surface area (Å²) in [5, 5.41) is 26.2. The van der Waals surface area contributed by atoms with Crippen LogP contribution in [0.4, 0.5) is 45.5 Å². The van der Waals surface area contributed by atoms with Gasteiger partial charge in [-0.1, -0.05) is 194 Å². The zero-order valence-electron chi connectivity index (χ0n) is 79.0. The van der Waals surface area contributed by atoms with Crippen molar-refractivity contribution in [3.63, 3.8) is 0 Å². The molecule has 0 aliphatic carbocycles. The smallest absolute Gasteiger partial charge is 0.357 e. The van der Waals surface area contributed by atoms with Crippen molar-refractivity contribution in [1.29, 1.82) is 0 Å². The van der Waals surface area contributed by atoms with Crippen LogP contribution in [0, 0.1) is 0 Å². The third-order valence-corrected chi connectivity index (χ3v) is 28.8. The van der Waals surface area contributed by atoms with Crippen LogP contribution >= 0.6 is 0 Å². The molecule has 695 valence electrons. The Bertz CT molecular complexity index is 9190. The van der Waals surface area contributed by atoms with Gasteiger partial charge in [-0.05, 0) is 97.1 Å². The molecule has 0 spiro atoms. The number of para-hydroxylation sites is 16. The van der Waals surface area contributed by atoms with Crippen molar-refractivity contribution in [3.8, 4) is 45.6 Å². The second-order valence-electron chi connectivity index (χ2n) is 36.3. The zero-order chi connectivity index (χ0) is 95.9. The molecule has 0 saturated carbocycles. The van der Waals surface area contributed by atoms with E-state index in [1.165, 1.54) is 0 Å². The maximum atomic E-state index is 6.40. The normalized spacial score (nSPS) is 12.1. The molecule has 33 heteroatoms. The number of imidazole rings is 8. The van der Waals surface area contributed by atoms with Crippen LogP contribution in [-0.4, -0.2) is 164 Å². The summed E-state index contributed by atoms with van der Waals surface area (Å²) in [6.07, 6.45) is 14.9. The molecule has 13 heterocycles. The summed E-state index contributed by atoms with van der Waals surface area (Å²) >= 11 is 0. The first-order valence-corrected chi connectivity index (χ1v) is 47.2. The molecule has 27 aromatic rings. The van der Waals surface area contributed by atoms with Crippen LogP contribution in [0.2, 0.25) is 0 Å². The zero-order valence-corrected chi connectivity index (χ0v) is 80.2. The predicted molar refractivity (Wildman–Crippen MR) is 572 cm³/mol. The Hall–Kier alpha value is -19.4. The molecule has 0 amide bonds. The Kier molecular flexibility index (Phi) is 18.4. The molecule has 0 saturated heterocycles. The van der Waals surface area contributed by atoms with Crippen LogP contribution in [0.15, 0.2) is 342 Å². The monoisotopic (exact) mass is 1930 g/mol. The van der Waals surface area contributed by atoms with Gasteiger partial charge in [0.05, 0.1) is 157 Å². The number of benzene rings is 16. The molecule has 32 nitrogen and oxygen atoms in total. The van der Waals surface area contributed by atoms with E-state index < -0.39 is 0 Å². The third kappa shape index (κ3) is 12.2. The van der Waals surface area contributed by atoms with Gasteiger partial charge in [-0.2, -0.15) is 0 Å². The summed E-state index contributed by atoms with van der Waals surface area (Å²) in [7, 11) is 16.6. The number of hydrogen-bond donors (Lipinski definition) is 0. The van der Waals surface area contributed by atoms with Crippen molar-refractivity contribution in [2.75, 3.05) is 96.5 Å². The molecule has 145 heavy (non-hydrogen) atoms. The Morgan fingerprint density at radius 2 is 0.310 bits per heavy atom. The molecule has 0 atom stereocenters. The average molecular weight is 1930 g/mol. The van der Waals surface area contributed by atoms with Crippen LogP contribution in [0.25, 0.3) is 221 Å². The minimum atomic E-state index is 0. The molecule has 0 fully saturated rings.